The van der Waals surface area contributed by atoms with Gasteiger partial charge in [0.2, 0.25) is 11.8 Å². The van der Waals surface area contributed by atoms with E-state index in [1.54, 1.807) is 66.7 Å². The van der Waals surface area contributed by atoms with E-state index in [9.17, 15) is 39.7 Å². The number of phenols is 1. The number of aryl methyl sites for hydroxylation is 1. The van der Waals surface area contributed by atoms with Gasteiger partial charge in [0, 0.05) is 37.7 Å². The number of amides is 4. The van der Waals surface area contributed by atoms with Gasteiger partial charge in [-0.1, -0.05) is 84.0 Å². The number of benzene rings is 4. The average molecular weight is 797 g/mol. The number of rotatable bonds is 10. The molecule has 2 aliphatic heterocycles. The monoisotopic (exact) mass is 796 g/mol. The van der Waals surface area contributed by atoms with Crippen LogP contribution in [-0.2, 0) is 31.0 Å². The molecule has 4 aliphatic rings. The quantitative estimate of drug-likeness (QED) is 0.0769. The Balaban J connectivity index is 1.32. The smallest absolute Gasteiger partial charge is 0.301 e. The lowest BCUT2D eigenvalue weighted by molar-refractivity contribution is -0.392. The van der Waals surface area contributed by atoms with Crippen LogP contribution in [0, 0.1) is 50.8 Å². The molecule has 15 heteroatoms. The lowest BCUT2D eigenvalue weighted by atomic mass is 9.49. The fourth-order valence-corrected chi connectivity index (χ4v) is 9.97. The molecule has 1 saturated carbocycles. The molecule has 0 bridgehead atoms. The number of anilines is 3. The number of carbonyl (C=O) groups excluding carboxylic acids is 4. The van der Waals surface area contributed by atoms with Crippen LogP contribution in [-0.4, -0.2) is 57.7 Å². The predicted molar refractivity (Wildman–Crippen MR) is 217 cm³/mol. The summed E-state index contributed by atoms with van der Waals surface area (Å²) in [5, 5.41) is 37.6. The van der Waals surface area contributed by atoms with Gasteiger partial charge in [-0.15, -0.1) is 6.58 Å². The van der Waals surface area contributed by atoms with E-state index in [4.69, 9.17) is 0 Å². The molecule has 8 rings (SSSR count). The van der Waals surface area contributed by atoms with E-state index in [-0.39, 0.29) is 30.0 Å². The normalized spacial score (nSPS) is 24.6. The van der Waals surface area contributed by atoms with Gasteiger partial charge in [0.1, 0.15) is 5.75 Å². The number of hydrazine groups is 1. The first-order chi connectivity index (χ1) is 28.2. The van der Waals surface area contributed by atoms with Crippen LogP contribution in [0.25, 0.3) is 0 Å². The summed E-state index contributed by atoms with van der Waals surface area (Å²) in [6, 6.07) is 23.2. The van der Waals surface area contributed by atoms with Crippen LogP contribution in [0.3, 0.4) is 0 Å². The van der Waals surface area contributed by atoms with E-state index in [1.807, 2.05) is 25.1 Å². The second kappa shape index (κ2) is 14.3. The van der Waals surface area contributed by atoms with Crippen LogP contribution in [0.5, 0.6) is 5.75 Å². The molecular weight excluding hydrogens is 757 g/mol. The molecule has 15 nitrogen and oxygen atoms in total. The van der Waals surface area contributed by atoms with Gasteiger partial charge in [-0.05, 0) is 55.4 Å². The number of fused-ring (bicyclic) bond motifs is 4. The largest absolute Gasteiger partial charge is 0.507 e. The topological polar surface area (TPSA) is 197 Å². The van der Waals surface area contributed by atoms with Crippen molar-refractivity contribution in [3.63, 3.8) is 0 Å². The van der Waals surface area contributed by atoms with E-state index in [0.29, 0.717) is 34.4 Å². The zero-order valence-corrected chi connectivity index (χ0v) is 32.4. The van der Waals surface area contributed by atoms with Crippen LogP contribution in [0.2, 0.25) is 0 Å². The Labute approximate surface area is 338 Å². The Hall–Kier alpha value is -7.16. The van der Waals surface area contributed by atoms with Gasteiger partial charge in [0.05, 0.1) is 44.4 Å². The first-order valence-corrected chi connectivity index (χ1v) is 19.1. The molecule has 0 aromatic heterocycles. The summed E-state index contributed by atoms with van der Waals surface area (Å²) in [4.78, 5) is 84.6. The van der Waals surface area contributed by atoms with E-state index in [1.165, 1.54) is 19.0 Å². The highest BCUT2D eigenvalue weighted by Gasteiger charge is 2.70. The number of phenolic OH excluding ortho intramolecular Hbond substituents is 1. The van der Waals surface area contributed by atoms with Gasteiger partial charge in [0.25, 0.3) is 11.8 Å². The number of aromatic hydroxyl groups is 1. The number of carbonyl (C=O) groups is 4. The van der Waals surface area contributed by atoms with Crippen molar-refractivity contribution in [1.29, 1.82) is 0 Å². The molecule has 2 saturated heterocycles. The Morgan fingerprint density at radius 3 is 2.17 bits per heavy atom. The number of hydrogen-bond donors (Lipinski definition) is 2. The van der Waals surface area contributed by atoms with E-state index in [2.05, 4.69) is 12.0 Å². The molecular formula is C44H40N6O9. The second-order valence-electron chi connectivity index (χ2n) is 15.7. The SMILES string of the molecule is C=CCc1cccc([C@H]2C3=CC[C@@H]4C(=O)N(c5cc([N+](=O)[O-])c(N(C)C)c([N+](=O)[O-])c5)C(=O)[C@@H]4[C@@H]3C[C@H]3C(=O)N(Nc4ccc(C)cc4)C(=O)[C@@]23c2ccccc2)c1O. The van der Waals surface area contributed by atoms with Crippen molar-refractivity contribution in [2.24, 2.45) is 23.7 Å². The van der Waals surface area contributed by atoms with Crippen molar-refractivity contribution in [3.05, 3.63) is 152 Å². The average Bonchev–Trinajstić information content (AvgIpc) is 3.60. The number of para-hydroxylation sites is 1. The minimum atomic E-state index is -1.63. The number of imide groups is 2. The van der Waals surface area contributed by atoms with Gasteiger partial charge < -0.3 is 10.0 Å². The van der Waals surface area contributed by atoms with Crippen molar-refractivity contribution in [2.45, 2.75) is 37.5 Å². The summed E-state index contributed by atoms with van der Waals surface area (Å²) in [6.07, 6.45) is 3.72. The standard InChI is InChI=1S/C44H40N6O9/c1-5-10-25-11-9-14-31(39(25)51)37-29-19-20-30-36(42(54)47(40(30)52)28-21-34(49(56)57)38(46(3)4)35(22-28)50(58)59)32(29)23-33-41(53)48(45-27-17-15-24(2)16-18-27)43(55)44(33,37)26-12-7-6-8-13-26/h5-9,11-19,21-22,30,32-33,36-37,45,51H,1,10,20,23H2,2-4H3/t30-,32+,33-,36-,37+,44+/m0/s1. The molecule has 2 aliphatic carbocycles. The minimum absolute atomic E-state index is 0.0180. The highest BCUT2D eigenvalue weighted by molar-refractivity contribution is 6.23. The fraction of sp³-hybridized carbons (Fsp3) is 0.273. The van der Waals surface area contributed by atoms with E-state index < -0.39 is 79.9 Å². The Morgan fingerprint density at radius 1 is 0.898 bits per heavy atom. The number of nitrogens with zero attached hydrogens (tertiary/aromatic N) is 5. The van der Waals surface area contributed by atoms with Gasteiger partial charge in [-0.2, -0.15) is 5.01 Å². The van der Waals surface area contributed by atoms with Crippen LogP contribution in [0.4, 0.5) is 28.4 Å². The van der Waals surface area contributed by atoms with E-state index in [0.717, 1.165) is 27.6 Å². The maximum atomic E-state index is 15.4. The van der Waals surface area contributed by atoms with Gasteiger partial charge in [0.15, 0.2) is 5.69 Å². The molecule has 2 N–H and O–H groups in total. The third-order valence-electron chi connectivity index (χ3n) is 12.4. The summed E-state index contributed by atoms with van der Waals surface area (Å²) < 4.78 is 0. The molecule has 4 aromatic rings. The molecule has 4 aromatic carbocycles. The van der Waals surface area contributed by atoms with Crippen molar-refractivity contribution >= 4 is 52.1 Å². The molecule has 0 radical (unpaired) electrons. The molecule has 300 valence electrons. The molecule has 2 heterocycles. The summed E-state index contributed by atoms with van der Waals surface area (Å²) in [5.41, 5.74) is 2.90. The Bertz CT molecular complexity index is 2480. The van der Waals surface area contributed by atoms with Gasteiger partial charge in [-0.3, -0.25) is 44.8 Å². The van der Waals surface area contributed by atoms with Gasteiger partial charge in [-0.25, -0.2) is 4.90 Å². The van der Waals surface area contributed by atoms with Crippen LogP contribution in [0.15, 0.2) is 109 Å². The maximum absolute atomic E-state index is 15.4. The lowest BCUT2D eigenvalue weighted by Crippen LogP contribution is -2.53. The molecule has 0 unspecified atom stereocenters. The van der Waals surface area contributed by atoms with Crippen LogP contribution < -0.4 is 15.2 Å². The minimum Gasteiger partial charge on any atom is -0.507 e. The highest BCUT2D eigenvalue weighted by atomic mass is 16.6. The Kier molecular flexibility index (Phi) is 9.41. The van der Waals surface area contributed by atoms with Crippen molar-refractivity contribution in [2.75, 3.05) is 29.3 Å². The van der Waals surface area contributed by atoms with Crippen molar-refractivity contribution in [3.8, 4) is 5.75 Å². The summed E-state index contributed by atoms with van der Waals surface area (Å²) >= 11 is 0. The van der Waals surface area contributed by atoms with E-state index >= 15 is 4.79 Å². The number of nitrogens with one attached hydrogen (secondary N) is 1. The third-order valence-corrected chi connectivity index (χ3v) is 12.4. The molecule has 4 amide bonds. The molecule has 6 atom stereocenters. The lowest BCUT2D eigenvalue weighted by Gasteiger charge is -2.50. The summed E-state index contributed by atoms with van der Waals surface area (Å²) in [6.45, 7) is 5.75. The summed E-state index contributed by atoms with van der Waals surface area (Å²) in [5.74, 6) is -7.70. The number of hydrogen-bond acceptors (Lipinski definition) is 11. The molecule has 59 heavy (non-hydrogen) atoms. The zero-order chi connectivity index (χ0) is 42.1. The van der Waals surface area contributed by atoms with Crippen molar-refractivity contribution < 1.29 is 34.1 Å². The number of nitro benzene ring substituents is 2. The van der Waals surface area contributed by atoms with Crippen molar-refractivity contribution in [1.82, 2.24) is 5.01 Å². The zero-order valence-electron chi connectivity index (χ0n) is 32.4. The second-order valence-corrected chi connectivity index (χ2v) is 15.7. The van der Waals surface area contributed by atoms with Gasteiger partial charge >= 0.3 is 11.4 Å². The maximum Gasteiger partial charge on any atom is 0.301 e. The van der Waals surface area contributed by atoms with Crippen LogP contribution >= 0.6 is 0 Å². The summed E-state index contributed by atoms with van der Waals surface area (Å²) in [7, 11) is 2.82. The number of allylic oxidation sites excluding steroid dienone is 3. The predicted octanol–water partition coefficient (Wildman–Crippen LogP) is 6.50. The number of nitro groups is 2. The Morgan fingerprint density at radius 2 is 1.56 bits per heavy atom. The van der Waals surface area contributed by atoms with Crippen LogP contribution in [0.1, 0.15) is 41.0 Å². The molecule has 0 spiro atoms. The first kappa shape index (κ1) is 38.7. The fourth-order valence-electron chi connectivity index (χ4n) is 9.97. The third kappa shape index (κ3) is 5.78. The molecule has 3 fully saturated rings. The first-order valence-electron chi connectivity index (χ1n) is 19.1. The highest BCUT2D eigenvalue weighted by Crippen LogP contribution is 2.65.